The van der Waals surface area contributed by atoms with Gasteiger partial charge in [0.2, 0.25) is 0 Å². The Hall–Kier alpha value is -2.21. The molecule has 0 fully saturated rings. The second-order valence-corrected chi connectivity index (χ2v) is 10.8. The van der Waals surface area contributed by atoms with Gasteiger partial charge in [0.05, 0.1) is 10.0 Å². The normalized spacial score (nSPS) is 11.8. The van der Waals surface area contributed by atoms with Crippen molar-refractivity contribution >= 4 is 44.7 Å². The van der Waals surface area contributed by atoms with Crippen molar-refractivity contribution in [1.29, 1.82) is 0 Å². The monoisotopic (exact) mass is 491 g/mol. The fourth-order valence-electron chi connectivity index (χ4n) is 3.30. The van der Waals surface area contributed by atoms with Gasteiger partial charge >= 0.3 is 10.1 Å². The molecule has 170 valence electrons. The number of hydrogen-bond donors (Lipinski definition) is 1. The Morgan fingerprint density at radius 3 is 1.84 bits per heavy atom. The molecule has 0 saturated heterocycles. The van der Waals surface area contributed by atoms with Crippen molar-refractivity contribution in [3.05, 3.63) is 81.3 Å². The van der Waals surface area contributed by atoms with Gasteiger partial charge in [-0.3, -0.25) is 0 Å². The molecule has 0 heterocycles. The fraction of sp³-hybridized carbons (Fsp3) is 0.280. The Morgan fingerprint density at radius 1 is 0.781 bits per heavy atom. The third-order valence-electron chi connectivity index (χ3n) is 5.10. The molecule has 1 N–H and O–H groups in total. The number of aryl methyl sites for hydroxylation is 1. The maximum Gasteiger partial charge on any atom is 0.339 e. The SMILES string of the molecule is Cc1ccc(S(=O)(=O)Oc2c(C(C)C)cc(Nc3ccc(Cl)c(Cl)c3)cc2C(C)C)cc1. The van der Waals surface area contributed by atoms with Gasteiger partial charge in [0.15, 0.2) is 0 Å². The lowest BCUT2D eigenvalue weighted by molar-refractivity contribution is 0.476. The summed E-state index contributed by atoms with van der Waals surface area (Å²) < 4.78 is 31.8. The first-order valence-corrected chi connectivity index (χ1v) is 12.6. The molecule has 0 aromatic heterocycles. The van der Waals surface area contributed by atoms with E-state index in [4.69, 9.17) is 27.4 Å². The predicted molar refractivity (Wildman–Crippen MR) is 133 cm³/mol. The summed E-state index contributed by atoms with van der Waals surface area (Å²) in [7, 11) is -3.98. The van der Waals surface area contributed by atoms with Crippen molar-refractivity contribution in [3.8, 4) is 5.75 Å². The van der Waals surface area contributed by atoms with Gasteiger partial charge in [-0.15, -0.1) is 0 Å². The zero-order valence-corrected chi connectivity index (χ0v) is 21.1. The van der Waals surface area contributed by atoms with Crippen LogP contribution in [0.3, 0.4) is 0 Å². The second kappa shape index (κ2) is 9.74. The van der Waals surface area contributed by atoms with Crippen LogP contribution in [0.15, 0.2) is 59.5 Å². The molecule has 7 heteroatoms. The van der Waals surface area contributed by atoms with Gasteiger partial charge in [0.25, 0.3) is 0 Å². The summed E-state index contributed by atoms with van der Waals surface area (Å²) in [5, 5.41) is 4.27. The van der Waals surface area contributed by atoms with Crippen molar-refractivity contribution in [3.63, 3.8) is 0 Å². The van der Waals surface area contributed by atoms with Crippen LogP contribution in [0, 0.1) is 6.92 Å². The van der Waals surface area contributed by atoms with Crippen molar-refractivity contribution < 1.29 is 12.6 Å². The Kier molecular flexibility index (Phi) is 7.43. The molecular weight excluding hydrogens is 465 g/mol. The summed E-state index contributed by atoms with van der Waals surface area (Å²) >= 11 is 12.2. The van der Waals surface area contributed by atoms with Crippen LogP contribution >= 0.6 is 23.2 Å². The standard InChI is InChI=1S/C25H27Cl2NO3S/c1-15(2)21-12-19(28-18-8-11-23(26)24(27)14-18)13-22(16(3)4)25(21)31-32(29,30)20-9-6-17(5)7-10-20/h6-16,28H,1-5H3. The quantitative estimate of drug-likeness (QED) is 0.339. The van der Waals surface area contributed by atoms with E-state index >= 15 is 0 Å². The van der Waals surface area contributed by atoms with Gasteiger partial charge in [-0.2, -0.15) is 8.42 Å². The van der Waals surface area contributed by atoms with E-state index in [1.165, 1.54) is 0 Å². The van der Waals surface area contributed by atoms with Crippen LogP contribution in [0.5, 0.6) is 5.75 Å². The molecule has 0 atom stereocenters. The highest BCUT2D eigenvalue weighted by molar-refractivity contribution is 7.87. The largest absolute Gasteiger partial charge is 0.378 e. The molecule has 3 aromatic carbocycles. The van der Waals surface area contributed by atoms with Crippen LogP contribution in [0.1, 0.15) is 56.2 Å². The summed E-state index contributed by atoms with van der Waals surface area (Å²) in [5.74, 6) is 0.452. The fourth-order valence-corrected chi connectivity index (χ4v) is 4.58. The molecule has 0 saturated carbocycles. The Bertz CT molecular complexity index is 1190. The molecule has 0 amide bonds. The molecule has 0 aliphatic carbocycles. The maximum absolute atomic E-state index is 13.0. The van der Waals surface area contributed by atoms with E-state index in [0.717, 1.165) is 28.1 Å². The smallest absolute Gasteiger partial charge is 0.339 e. The number of halogens is 2. The lowest BCUT2D eigenvalue weighted by atomic mass is 9.93. The molecule has 3 aromatic rings. The zero-order valence-electron chi connectivity index (χ0n) is 18.7. The van der Waals surface area contributed by atoms with Gasteiger partial charge in [-0.25, -0.2) is 0 Å². The molecule has 0 aliphatic rings. The van der Waals surface area contributed by atoms with Crippen LogP contribution in [0.2, 0.25) is 10.0 Å². The third-order valence-corrected chi connectivity index (χ3v) is 7.08. The van der Waals surface area contributed by atoms with E-state index in [-0.39, 0.29) is 16.7 Å². The minimum Gasteiger partial charge on any atom is -0.378 e. The summed E-state index contributed by atoms with van der Waals surface area (Å²) in [6.45, 7) is 9.94. The van der Waals surface area contributed by atoms with Gasteiger partial charge in [-0.1, -0.05) is 68.6 Å². The van der Waals surface area contributed by atoms with Crippen molar-refractivity contribution in [1.82, 2.24) is 0 Å². The topological polar surface area (TPSA) is 55.4 Å². The Labute approximate surface area is 200 Å². The van der Waals surface area contributed by atoms with Crippen LogP contribution in [-0.2, 0) is 10.1 Å². The van der Waals surface area contributed by atoms with Crippen LogP contribution < -0.4 is 9.50 Å². The first-order valence-electron chi connectivity index (χ1n) is 10.4. The molecule has 3 rings (SSSR count). The highest BCUT2D eigenvalue weighted by atomic mass is 35.5. The summed E-state index contributed by atoms with van der Waals surface area (Å²) in [6.07, 6.45) is 0. The number of rotatable bonds is 7. The molecule has 0 unspecified atom stereocenters. The summed E-state index contributed by atoms with van der Waals surface area (Å²) in [5.41, 5.74) is 4.18. The molecular formula is C25H27Cl2NO3S. The first-order chi connectivity index (χ1) is 15.0. The van der Waals surface area contributed by atoms with Gasteiger partial charge in [0, 0.05) is 22.5 Å². The minimum atomic E-state index is -3.98. The van der Waals surface area contributed by atoms with Gasteiger partial charge in [0.1, 0.15) is 10.6 Å². The molecule has 0 aliphatic heterocycles. The van der Waals surface area contributed by atoms with E-state index in [1.807, 2.05) is 52.8 Å². The molecule has 0 spiro atoms. The average Bonchev–Trinajstić information content (AvgIpc) is 2.71. The third kappa shape index (κ3) is 5.58. The average molecular weight is 492 g/mol. The van der Waals surface area contributed by atoms with E-state index in [0.29, 0.717) is 15.8 Å². The highest BCUT2D eigenvalue weighted by Crippen LogP contribution is 2.40. The predicted octanol–water partition coefficient (Wildman–Crippen LogP) is 8.06. The Balaban J connectivity index is 2.07. The molecule has 32 heavy (non-hydrogen) atoms. The highest BCUT2D eigenvalue weighted by Gasteiger charge is 2.24. The number of benzene rings is 3. The van der Waals surface area contributed by atoms with Crippen molar-refractivity contribution in [2.75, 3.05) is 5.32 Å². The zero-order chi connectivity index (χ0) is 23.6. The minimum absolute atomic E-state index is 0.0336. The van der Waals surface area contributed by atoms with Crippen LogP contribution in [-0.4, -0.2) is 8.42 Å². The lowest BCUT2D eigenvalue weighted by Crippen LogP contribution is -2.14. The number of anilines is 2. The van der Waals surface area contributed by atoms with Crippen LogP contribution in [0.4, 0.5) is 11.4 Å². The van der Waals surface area contributed by atoms with Crippen molar-refractivity contribution in [2.24, 2.45) is 0 Å². The first kappa shape index (κ1) is 24.4. The maximum atomic E-state index is 13.0. The van der Waals surface area contributed by atoms with Crippen LogP contribution in [0.25, 0.3) is 0 Å². The van der Waals surface area contributed by atoms with Gasteiger partial charge in [-0.05, 0) is 61.2 Å². The molecule has 4 nitrogen and oxygen atoms in total. The molecule has 0 bridgehead atoms. The van der Waals surface area contributed by atoms with E-state index < -0.39 is 10.1 Å². The van der Waals surface area contributed by atoms with Crippen molar-refractivity contribution in [2.45, 2.75) is 51.3 Å². The summed E-state index contributed by atoms with van der Waals surface area (Å²) in [4.78, 5) is 0.130. The Morgan fingerprint density at radius 2 is 1.34 bits per heavy atom. The van der Waals surface area contributed by atoms with E-state index in [9.17, 15) is 8.42 Å². The van der Waals surface area contributed by atoms with E-state index in [1.54, 1.807) is 36.4 Å². The second-order valence-electron chi connectivity index (χ2n) is 8.40. The van der Waals surface area contributed by atoms with E-state index in [2.05, 4.69) is 5.32 Å². The number of nitrogens with one attached hydrogen (secondary N) is 1. The van der Waals surface area contributed by atoms with Gasteiger partial charge < -0.3 is 9.50 Å². The summed E-state index contributed by atoms with van der Waals surface area (Å²) in [6, 6.07) is 15.8. The lowest BCUT2D eigenvalue weighted by Gasteiger charge is -2.22. The number of hydrogen-bond acceptors (Lipinski definition) is 4. The molecule has 0 radical (unpaired) electrons.